The molecule has 66 valence electrons. The molecule has 1 fully saturated rings. The van der Waals surface area contributed by atoms with Gasteiger partial charge in [-0.15, -0.1) is 0 Å². The van der Waals surface area contributed by atoms with E-state index in [1.54, 1.807) is 0 Å². The van der Waals surface area contributed by atoms with Crippen LogP contribution in [0.3, 0.4) is 0 Å². The van der Waals surface area contributed by atoms with Gasteiger partial charge in [0.1, 0.15) is 0 Å². The zero-order chi connectivity index (χ0) is 8.27. The minimum atomic E-state index is 0.531. The minimum absolute atomic E-state index is 0.531. The maximum Gasteiger partial charge on any atom is 0.0848 e. The topological polar surface area (TPSA) is 29.5 Å². The molecule has 0 amide bonds. The van der Waals surface area contributed by atoms with Crippen LogP contribution < -0.4 is 0 Å². The Morgan fingerprint density at radius 2 is 2.18 bits per heavy atom. The number of hydrogen-bond donors (Lipinski definition) is 1. The monoisotopic (exact) mass is 158 g/mol. The third-order valence-corrected chi connectivity index (χ3v) is 2.83. The van der Waals surface area contributed by atoms with Crippen LogP contribution in [-0.4, -0.2) is 11.9 Å². The smallest absolute Gasteiger partial charge is 0.0848 e. The fourth-order valence-corrected chi connectivity index (χ4v) is 1.98. The Hall–Kier alpha value is -0.0800. The van der Waals surface area contributed by atoms with E-state index in [1.807, 2.05) is 0 Å². The molecule has 0 aromatic carbocycles. The highest BCUT2D eigenvalue weighted by Crippen LogP contribution is 2.35. The maximum atomic E-state index is 8.25. The quantitative estimate of drug-likeness (QED) is 0.505. The molecular weight excluding hydrogens is 140 g/mol. The van der Waals surface area contributed by atoms with Gasteiger partial charge in [-0.2, -0.15) is 0 Å². The first kappa shape index (κ1) is 9.01. The molecule has 0 spiro atoms. The normalized spacial score (nSPS) is 31.6. The zero-order valence-corrected chi connectivity index (χ0v) is 7.42. The van der Waals surface area contributed by atoms with E-state index in [1.165, 1.54) is 19.3 Å². The van der Waals surface area contributed by atoms with E-state index in [0.29, 0.717) is 12.5 Å². The van der Waals surface area contributed by atoms with E-state index < -0.39 is 0 Å². The molecule has 0 bridgehead atoms. The molecule has 0 heterocycles. The lowest BCUT2D eigenvalue weighted by Crippen LogP contribution is -2.07. The summed E-state index contributed by atoms with van der Waals surface area (Å²) in [5.74, 6) is 2.25. The van der Waals surface area contributed by atoms with Gasteiger partial charge in [0.15, 0.2) is 0 Å². The molecule has 0 aromatic heterocycles. The summed E-state index contributed by atoms with van der Waals surface area (Å²) in [5, 5.41) is 8.25. The Balaban J connectivity index is 2.23. The van der Waals surface area contributed by atoms with E-state index in [2.05, 4.69) is 18.7 Å². The van der Waals surface area contributed by atoms with Crippen LogP contribution in [0.4, 0.5) is 0 Å². The van der Waals surface area contributed by atoms with Gasteiger partial charge in [0.25, 0.3) is 0 Å². The molecule has 1 rings (SSSR count). The molecule has 11 heavy (non-hydrogen) atoms. The molecule has 2 atom stereocenters. The first-order valence-electron chi connectivity index (χ1n) is 4.50. The van der Waals surface area contributed by atoms with E-state index in [4.69, 9.17) is 5.26 Å². The fraction of sp³-hybridized carbons (Fsp3) is 1.00. The average molecular weight is 158 g/mol. The fourth-order valence-electron chi connectivity index (χ4n) is 1.98. The van der Waals surface area contributed by atoms with Gasteiger partial charge in [0.2, 0.25) is 0 Å². The van der Waals surface area contributed by atoms with Gasteiger partial charge in [0.05, 0.1) is 6.61 Å². The molecule has 0 aromatic rings. The highest BCUT2D eigenvalue weighted by atomic mass is 17.1. The summed E-state index contributed by atoms with van der Waals surface area (Å²) in [5.41, 5.74) is 0. The number of hydrogen-bond acceptors (Lipinski definition) is 2. The Labute approximate surface area is 68.5 Å². The van der Waals surface area contributed by atoms with Crippen molar-refractivity contribution in [2.45, 2.75) is 33.1 Å². The van der Waals surface area contributed by atoms with Crippen molar-refractivity contribution in [2.75, 3.05) is 6.61 Å². The second-order valence-electron chi connectivity index (χ2n) is 3.98. The summed E-state index contributed by atoms with van der Waals surface area (Å²) in [6.45, 7) is 5.07. The van der Waals surface area contributed by atoms with Crippen LogP contribution in [0.5, 0.6) is 0 Å². The number of rotatable bonds is 3. The standard InChI is InChI=1S/C9H18O2/c1-7(2)9-4-3-8(5-9)6-11-10/h7-10H,3-6H2,1-2H3. The van der Waals surface area contributed by atoms with E-state index >= 15 is 0 Å². The largest absolute Gasteiger partial charge is 0.252 e. The van der Waals surface area contributed by atoms with Crippen LogP contribution in [0.1, 0.15) is 33.1 Å². The maximum absolute atomic E-state index is 8.25. The van der Waals surface area contributed by atoms with Gasteiger partial charge in [-0.1, -0.05) is 13.8 Å². The third kappa shape index (κ3) is 2.46. The van der Waals surface area contributed by atoms with Crippen LogP contribution in [0.25, 0.3) is 0 Å². The zero-order valence-electron chi connectivity index (χ0n) is 7.42. The van der Waals surface area contributed by atoms with Crippen LogP contribution >= 0.6 is 0 Å². The highest BCUT2D eigenvalue weighted by Gasteiger charge is 2.26. The summed E-state index contributed by atoms with van der Waals surface area (Å²) in [6.07, 6.45) is 3.77. The minimum Gasteiger partial charge on any atom is -0.252 e. The average Bonchev–Trinajstić information content (AvgIpc) is 2.37. The Kier molecular flexibility index (Phi) is 3.34. The molecule has 1 aliphatic rings. The molecule has 1 saturated carbocycles. The lowest BCUT2D eigenvalue weighted by Gasteiger charge is -2.13. The molecule has 2 heteroatoms. The van der Waals surface area contributed by atoms with E-state index in [-0.39, 0.29) is 0 Å². The van der Waals surface area contributed by atoms with Crippen molar-refractivity contribution in [2.24, 2.45) is 17.8 Å². The molecule has 0 radical (unpaired) electrons. The van der Waals surface area contributed by atoms with Crippen molar-refractivity contribution in [1.82, 2.24) is 0 Å². The SMILES string of the molecule is CC(C)C1CCC(COO)C1. The van der Waals surface area contributed by atoms with E-state index in [9.17, 15) is 0 Å². The predicted molar refractivity (Wildman–Crippen MR) is 44.2 cm³/mol. The Bertz CT molecular complexity index is 112. The van der Waals surface area contributed by atoms with Crippen molar-refractivity contribution < 1.29 is 10.1 Å². The second-order valence-corrected chi connectivity index (χ2v) is 3.98. The lowest BCUT2D eigenvalue weighted by atomic mass is 9.93. The summed E-state index contributed by atoms with van der Waals surface area (Å²) >= 11 is 0. The van der Waals surface area contributed by atoms with E-state index in [0.717, 1.165) is 11.8 Å². The molecule has 0 saturated heterocycles. The first-order chi connectivity index (χ1) is 5.24. The van der Waals surface area contributed by atoms with Gasteiger partial charge in [-0.05, 0) is 37.0 Å². The van der Waals surface area contributed by atoms with Gasteiger partial charge < -0.3 is 0 Å². The Morgan fingerprint density at radius 1 is 1.45 bits per heavy atom. The highest BCUT2D eigenvalue weighted by molar-refractivity contribution is 4.76. The molecule has 1 aliphatic carbocycles. The summed E-state index contributed by atoms with van der Waals surface area (Å²) < 4.78 is 0. The van der Waals surface area contributed by atoms with Crippen LogP contribution in [-0.2, 0) is 4.89 Å². The van der Waals surface area contributed by atoms with Crippen LogP contribution in [0.2, 0.25) is 0 Å². The van der Waals surface area contributed by atoms with Crippen molar-refractivity contribution in [3.05, 3.63) is 0 Å². The summed E-state index contributed by atoms with van der Waals surface area (Å²) in [4.78, 5) is 4.15. The van der Waals surface area contributed by atoms with Gasteiger partial charge in [0, 0.05) is 0 Å². The first-order valence-corrected chi connectivity index (χ1v) is 4.50. The van der Waals surface area contributed by atoms with Crippen LogP contribution in [0, 0.1) is 17.8 Å². The molecule has 0 aliphatic heterocycles. The molecule has 2 nitrogen and oxygen atoms in total. The van der Waals surface area contributed by atoms with Gasteiger partial charge >= 0.3 is 0 Å². The summed E-state index contributed by atoms with van der Waals surface area (Å²) in [7, 11) is 0. The van der Waals surface area contributed by atoms with Crippen molar-refractivity contribution in [3.8, 4) is 0 Å². The van der Waals surface area contributed by atoms with Crippen molar-refractivity contribution >= 4 is 0 Å². The second kappa shape index (κ2) is 4.07. The molecule has 2 unspecified atom stereocenters. The Morgan fingerprint density at radius 3 is 2.64 bits per heavy atom. The molecule has 1 N–H and O–H groups in total. The lowest BCUT2D eigenvalue weighted by molar-refractivity contribution is -0.250. The molecular formula is C9H18O2. The predicted octanol–water partition coefficient (Wildman–Crippen LogP) is 2.55. The van der Waals surface area contributed by atoms with Crippen LogP contribution in [0.15, 0.2) is 0 Å². The third-order valence-electron chi connectivity index (χ3n) is 2.83. The summed E-state index contributed by atoms with van der Waals surface area (Å²) in [6, 6.07) is 0. The van der Waals surface area contributed by atoms with Gasteiger partial charge in [-0.25, -0.2) is 4.89 Å². The van der Waals surface area contributed by atoms with Gasteiger partial charge in [-0.3, -0.25) is 5.26 Å². The van der Waals surface area contributed by atoms with Crippen molar-refractivity contribution in [3.63, 3.8) is 0 Å². The van der Waals surface area contributed by atoms with Crippen molar-refractivity contribution in [1.29, 1.82) is 0 Å².